The molecule has 0 fully saturated rings. The lowest BCUT2D eigenvalue weighted by Crippen LogP contribution is -2.34. The van der Waals surface area contributed by atoms with Crippen LogP contribution in [0.4, 0.5) is 13.2 Å². The molecule has 0 saturated heterocycles. The first-order valence-corrected chi connectivity index (χ1v) is 7.73. The topological polar surface area (TPSA) is 50.1 Å². The molecule has 128 valence electrons. The van der Waals surface area contributed by atoms with E-state index >= 15 is 0 Å². The van der Waals surface area contributed by atoms with Crippen molar-refractivity contribution in [3.05, 3.63) is 47.2 Å². The number of esters is 1. The molecule has 1 aromatic rings. The smallest absolute Gasteiger partial charge is 0.417 e. The van der Waals surface area contributed by atoms with Crippen LogP contribution in [0.5, 0.6) is 0 Å². The number of carbonyl (C=O) groups is 1. The molecule has 0 heterocycles. The van der Waals surface area contributed by atoms with Gasteiger partial charge in [-0.3, -0.25) is 4.79 Å². The lowest BCUT2D eigenvalue weighted by Gasteiger charge is -2.31. The SMILES string of the molecule is CC(=O)OC1=C(C(F)(F)F)C(C#N)(Cc2ccccc2)CCCC1. The maximum absolute atomic E-state index is 13.8. The minimum Gasteiger partial charge on any atom is -0.431 e. The second-order valence-corrected chi connectivity index (χ2v) is 5.95. The monoisotopic (exact) mass is 337 g/mol. The van der Waals surface area contributed by atoms with Crippen molar-refractivity contribution in [2.75, 3.05) is 0 Å². The summed E-state index contributed by atoms with van der Waals surface area (Å²) < 4.78 is 46.3. The van der Waals surface area contributed by atoms with E-state index in [0.717, 1.165) is 6.92 Å². The Morgan fingerprint density at radius 2 is 1.96 bits per heavy atom. The van der Waals surface area contributed by atoms with Gasteiger partial charge in [-0.1, -0.05) is 36.8 Å². The predicted octanol–water partition coefficient (Wildman–Crippen LogP) is 4.69. The Bertz CT molecular complexity index is 674. The molecule has 3 nitrogen and oxygen atoms in total. The highest BCUT2D eigenvalue weighted by molar-refractivity contribution is 5.67. The van der Waals surface area contributed by atoms with Crippen LogP contribution >= 0.6 is 0 Å². The Morgan fingerprint density at radius 1 is 1.29 bits per heavy atom. The molecular weight excluding hydrogens is 319 g/mol. The highest BCUT2D eigenvalue weighted by Crippen LogP contribution is 2.49. The van der Waals surface area contributed by atoms with E-state index in [-0.39, 0.29) is 19.3 Å². The number of nitrogens with zero attached hydrogens (tertiary/aromatic N) is 1. The Kier molecular flexibility index (Phi) is 5.33. The maximum Gasteiger partial charge on any atom is 0.417 e. The maximum atomic E-state index is 13.8. The zero-order valence-corrected chi connectivity index (χ0v) is 13.3. The second-order valence-electron chi connectivity index (χ2n) is 5.95. The van der Waals surface area contributed by atoms with Gasteiger partial charge in [0.1, 0.15) is 5.76 Å². The van der Waals surface area contributed by atoms with Crippen molar-refractivity contribution in [2.45, 2.75) is 45.2 Å². The van der Waals surface area contributed by atoms with Crippen molar-refractivity contribution in [3.8, 4) is 6.07 Å². The van der Waals surface area contributed by atoms with E-state index in [9.17, 15) is 23.2 Å². The largest absolute Gasteiger partial charge is 0.431 e. The summed E-state index contributed by atoms with van der Waals surface area (Å²) in [6.45, 7) is 1.07. The molecule has 0 N–H and O–H groups in total. The second kappa shape index (κ2) is 7.08. The summed E-state index contributed by atoms with van der Waals surface area (Å²) >= 11 is 0. The average molecular weight is 337 g/mol. The van der Waals surface area contributed by atoms with Crippen molar-refractivity contribution in [2.24, 2.45) is 5.41 Å². The van der Waals surface area contributed by atoms with E-state index in [1.807, 2.05) is 6.07 Å². The first-order valence-electron chi connectivity index (χ1n) is 7.73. The molecule has 1 atom stereocenters. The van der Waals surface area contributed by atoms with Gasteiger partial charge in [-0.25, -0.2) is 0 Å². The molecule has 0 aromatic heterocycles. The fraction of sp³-hybridized carbons (Fsp3) is 0.444. The van der Waals surface area contributed by atoms with Crippen molar-refractivity contribution < 1.29 is 22.7 Å². The number of allylic oxidation sites excluding steroid dienone is 2. The summed E-state index contributed by atoms with van der Waals surface area (Å²) in [6, 6.07) is 10.5. The molecule has 0 saturated carbocycles. The van der Waals surface area contributed by atoms with Crippen molar-refractivity contribution in [3.63, 3.8) is 0 Å². The van der Waals surface area contributed by atoms with Crippen LogP contribution in [0.1, 0.15) is 38.2 Å². The van der Waals surface area contributed by atoms with Crippen LogP contribution in [0, 0.1) is 16.7 Å². The molecule has 1 unspecified atom stereocenters. The van der Waals surface area contributed by atoms with Crippen LogP contribution in [-0.2, 0) is 16.0 Å². The van der Waals surface area contributed by atoms with Crippen LogP contribution in [0.2, 0.25) is 0 Å². The van der Waals surface area contributed by atoms with E-state index in [0.29, 0.717) is 18.4 Å². The summed E-state index contributed by atoms with van der Waals surface area (Å²) in [6.07, 6.45) is -3.81. The van der Waals surface area contributed by atoms with Crippen LogP contribution in [0.25, 0.3) is 0 Å². The van der Waals surface area contributed by atoms with E-state index in [1.54, 1.807) is 30.3 Å². The Hall–Kier alpha value is -2.29. The molecule has 1 aliphatic rings. The van der Waals surface area contributed by atoms with Gasteiger partial charge in [-0.05, 0) is 24.8 Å². The van der Waals surface area contributed by atoms with E-state index in [4.69, 9.17) is 4.74 Å². The highest BCUT2D eigenvalue weighted by atomic mass is 19.4. The molecule has 0 spiro atoms. The summed E-state index contributed by atoms with van der Waals surface area (Å²) in [5.41, 5.74) is -2.11. The molecular formula is C18H18F3NO2. The number of carbonyl (C=O) groups excluding carboxylic acids is 1. The lowest BCUT2D eigenvalue weighted by atomic mass is 9.73. The summed E-state index contributed by atoms with van der Waals surface area (Å²) in [5.74, 6) is -1.22. The average Bonchev–Trinajstić information content (AvgIpc) is 2.67. The van der Waals surface area contributed by atoms with Gasteiger partial charge in [0.25, 0.3) is 0 Å². The Balaban J connectivity index is 2.60. The quantitative estimate of drug-likeness (QED) is 0.752. The molecule has 2 rings (SSSR count). The number of rotatable bonds is 3. The zero-order chi connectivity index (χ0) is 17.8. The molecule has 24 heavy (non-hydrogen) atoms. The van der Waals surface area contributed by atoms with Gasteiger partial charge in [-0.2, -0.15) is 18.4 Å². The van der Waals surface area contributed by atoms with Crippen LogP contribution in [0.3, 0.4) is 0 Å². The number of hydrogen-bond acceptors (Lipinski definition) is 3. The Morgan fingerprint density at radius 3 is 2.50 bits per heavy atom. The first kappa shape index (κ1) is 18.1. The van der Waals surface area contributed by atoms with Gasteiger partial charge < -0.3 is 4.74 Å². The number of hydrogen-bond donors (Lipinski definition) is 0. The minimum absolute atomic E-state index is 0.00659. The molecule has 0 aliphatic heterocycles. The van der Waals surface area contributed by atoms with Gasteiger partial charge in [0, 0.05) is 13.3 Å². The normalized spacial score (nSPS) is 21.8. The van der Waals surface area contributed by atoms with E-state index in [1.165, 1.54) is 0 Å². The molecule has 6 heteroatoms. The number of halogens is 3. The molecule has 0 amide bonds. The molecule has 1 aliphatic carbocycles. The number of alkyl halides is 3. The molecule has 0 bridgehead atoms. The van der Waals surface area contributed by atoms with Crippen LogP contribution in [0.15, 0.2) is 41.7 Å². The van der Waals surface area contributed by atoms with Gasteiger partial charge in [0.05, 0.1) is 17.1 Å². The molecule has 1 aromatic carbocycles. The standard InChI is InChI=1S/C18H18F3NO2/c1-13(23)24-15-9-5-6-10-17(12-22,16(15)18(19,20)21)11-14-7-3-2-4-8-14/h2-4,7-8H,5-6,9-11H2,1H3. The molecule has 0 radical (unpaired) electrons. The van der Waals surface area contributed by atoms with E-state index in [2.05, 4.69) is 0 Å². The number of ether oxygens (including phenoxy) is 1. The fourth-order valence-corrected chi connectivity index (χ4v) is 3.21. The summed E-state index contributed by atoms with van der Waals surface area (Å²) in [5, 5.41) is 9.69. The fourth-order valence-electron chi connectivity index (χ4n) is 3.21. The third-order valence-corrected chi connectivity index (χ3v) is 4.13. The zero-order valence-electron chi connectivity index (χ0n) is 13.3. The summed E-state index contributed by atoms with van der Waals surface area (Å²) in [4.78, 5) is 11.2. The van der Waals surface area contributed by atoms with Gasteiger partial charge in [-0.15, -0.1) is 0 Å². The van der Waals surface area contributed by atoms with Gasteiger partial charge in [0.15, 0.2) is 0 Å². The lowest BCUT2D eigenvalue weighted by molar-refractivity contribution is -0.139. The summed E-state index contributed by atoms with van der Waals surface area (Å²) in [7, 11) is 0. The van der Waals surface area contributed by atoms with E-state index < -0.39 is 28.9 Å². The van der Waals surface area contributed by atoms with Gasteiger partial charge >= 0.3 is 12.1 Å². The van der Waals surface area contributed by atoms with Crippen molar-refractivity contribution in [1.82, 2.24) is 0 Å². The third kappa shape index (κ3) is 3.97. The van der Waals surface area contributed by atoms with Crippen LogP contribution in [-0.4, -0.2) is 12.1 Å². The minimum atomic E-state index is -4.74. The van der Waals surface area contributed by atoms with Crippen molar-refractivity contribution >= 4 is 5.97 Å². The van der Waals surface area contributed by atoms with Gasteiger partial charge in [0.2, 0.25) is 0 Å². The van der Waals surface area contributed by atoms with Crippen molar-refractivity contribution in [1.29, 1.82) is 5.26 Å². The Labute approximate surface area is 138 Å². The number of nitriles is 1. The first-order chi connectivity index (χ1) is 11.3. The number of benzene rings is 1. The van der Waals surface area contributed by atoms with Crippen LogP contribution < -0.4 is 0 Å². The predicted molar refractivity (Wildman–Crippen MR) is 81.5 cm³/mol. The highest BCUT2D eigenvalue weighted by Gasteiger charge is 2.52. The third-order valence-electron chi connectivity index (χ3n) is 4.13.